The van der Waals surface area contributed by atoms with Gasteiger partial charge in [-0.15, -0.1) is 0 Å². The lowest BCUT2D eigenvalue weighted by Crippen LogP contribution is -2.10. The van der Waals surface area contributed by atoms with Crippen LogP contribution in [0.25, 0.3) is 21.7 Å². The fourth-order valence-electron chi connectivity index (χ4n) is 3.28. The third kappa shape index (κ3) is 2.54. The van der Waals surface area contributed by atoms with E-state index in [0.29, 0.717) is 5.56 Å². The number of hydrogen-bond acceptors (Lipinski definition) is 1. The summed E-state index contributed by atoms with van der Waals surface area (Å²) >= 11 is 0. The van der Waals surface area contributed by atoms with Crippen molar-refractivity contribution >= 4 is 27.6 Å². The Hall–Kier alpha value is -3.07. The maximum Gasteiger partial charge on any atom is 0.248 e. The summed E-state index contributed by atoms with van der Waals surface area (Å²) in [4.78, 5) is 11.4. The molecule has 0 aliphatic rings. The van der Waals surface area contributed by atoms with Gasteiger partial charge in [0.1, 0.15) is 0 Å². The maximum atomic E-state index is 11.4. The Morgan fingerprint density at radius 1 is 0.917 bits per heavy atom. The Morgan fingerprint density at radius 2 is 1.75 bits per heavy atom. The van der Waals surface area contributed by atoms with E-state index in [2.05, 4.69) is 59.3 Å². The van der Waals surface area contributed by atoms with Crippen LogP contribution in [0.15, 0.2) is 72.9 Å². The highest BCUT2D eigenvalue weighted by Crippen LogP contribution is 2.21. The molecule has 0 radical (unpaired) electrons. The van der Waals surface area contributed by atoms with E-state index >= 15 is 0 Å². The van der Waals surface area contributed by atoms with E-state index in [1.807, 2.05) is 12.1 Å². The zero-order valence-corrected chi connectivity index (χ0v) is 13.3. The maximum absolute atomic E-state index is 11.4. The molecule has 0 fully saturated rings. The number of rotatable bonds is 4. The lowest BCUT2D eigenvalue weighted by molar-refractivity contribution is 0.100. The first-order valence-corrected chi connectivity index (χ1v) is 8.08. The van der Waals surface area contributed by atoms with Crippen LogP contribution in [-0.4, -0.2) is 10.5 Å². The summed E-state index contributed by atoms with van der Waals surface area (Å²) in [6.45, 7) is 0.861. The van der Waals surface area contributed by atoms with E-state index in [1.54, 1.807) is 6.07 Å². The van der Waals surface area contributed by atoms with E-state index in [0.717, 1.165) is 23.9 Å². The van der Waals surface area contributed by atoms with Gasteiger partial charge in [-0.05, 0) is 46.3 Å². The summed E-state index contributed by atoms with van der Waals surface area (Å²) in [7, 11) is 0. The third-order valence-electron chi connectivity index (χ3n) is 4.56. The second kappa shape index (κ2) is 5.85. The molecule has 0 aliphatic carbocycles. The normalized spacial score (nSPS) is 11.2. The highest BCUT2D eigenvalue weighted by Gasteiger charge is 2.07. The van der Waals surface area contributed by atoms with Gasteiger partial charge in [-0.2, -0.15) is 0 Å². The summed E-state index contributed by atoms with van der Waals surface area (Å²) in [5.74, 6) is -0.390. The van der Waals surface area contributed by atoms with Crippen molar-refractivity contribution < 1.29 is 4.79 Å². The second-order valence-corrected chi connectivity index (χ2v) is 6.04. The van der Waals surface area contributed by atoms with Crippen LogP contribution in [0.4, 0.5) is 0 Å². The van der Waals surface area contributed by atoms with Crippen molar-refractivity contribution in [2.45, 2.75) is 13.0 Å². The number of primary amides is 1. The highest BCUT2D eigenvalue weighted by atomic mass is 16.1. The fourth-order valence-corrected chi connectivity index (χ4v) is 3.28. The molecular weight excluding hydrogens is 296 g/mol. The average molecular weight is 314 g/mol. The van der Waals surface area contributed by atoms with E-state index in [9.17, 15) is 4.79 Å². The molecule has 0 atom stereocenters. The topological polar surface area (TPSA) is 48.0 Å². The number of amides is 1. The van der Waals surface area contributed by atoms with Gasteiger partial charge in [-0.3, -0.25) is 4.79 Å². The number of nitrogens with two attached hydrogens (primary N) is 1. The number of carbonyl (C=O) groups is 1. The fraction of sp³-hybridized carbons (Fsp3) is 0.0952. The number of nitrogens with zero attached hydrogens (tertiary/aromatic N) is 1. The van der Waals surface area contributed by atoms with E-state index in [4.69, 9.17) is 5.73 Å². The molecule has 1 amide bonds. The quantitative estimate of drug-likeness (QED) is 0.605. The molecule has 0 bridgehead atoms. The molecule has 1 aromatic heterocycles. The average Bonchev–Trinajstić information content (AvgIpc) is 3.02. The summed E-state index contributed by atoms with van der Waals surface area (Å²) in [6, 6.07) is 22.6. The summed E-state index contributed by atoms with van der Waals surface area (Å²) < 4.78 is 2.18. The number of carbonyl (C=O) groups excluding carboxylic acids is 1. The van der Waals surface area contributed by atoms with Crippen LogP contribution < -0.4 is 5.73 Å². The van der Waals surface area contributed by atoms with Crippen LogP contribution in [0.3, 0.4) is 0 Å². The SMILES string of the molecule is NC(=O)c1ccc2ccn(CCc3cccc4ccccc34)c2c1. The number of benzene rings is 3. The van der Waals surface area contributed by atoms with Crippen LogP contribution in [-0.2, 0) is 13.0 Å². The van der Waals surface area contributed by atoms with Crippen LogP contribution in [0.1, 0.15) is 15.9 Å². The van der Waals surface area contributed by atoms with Crippen molar-refractivity contribution in [2.24, 2.45) is 5.73 Å². The molecule has 1 heterocycles. The lowest BCUT2D eigenvalue weighted by atomic mass is 10.0. The largest absolute Gasteiger partial charge is 0.366 e. The first-order valence-electron chi connectivity index (χ1n) is 8.08. The van der Waals surface area contributed by atoms with Gasteiger partial charge in [0, 0.05) is 23.8 Å². The molecule has 0 saturated heterocycles. The lowest BCUT2D eigenvalue weighted by Gasteiger charge is -2.09. The summed E-state index contributed by atoms with van der Waals surface area (Å²) in [5, 5.41) is 3.69. The molecule has 24 heavy (non-hydrogen) atoms. The van der Waals surface area contributed by atoms with Gasteiger partial charge in [0.25, 0.3) is 0 Å². The Balaban J connectivity index is 1.67. The Labute approximate surface area is 140 Å². The summed E-state index contributed by atoms with van der Waals surface area (Å²) in [6.07, 6.45) is 3.01. The predicted octanol–water partition coefficient (Wildman–Crippen LogP) is 4.14. The minimum absolute atomic E-state index is 0.390. The van der Waals surface area contributed by atoms with Crippen LogP contribution in [0.5, 0.6) is 0 Å². The number of aromatic nitrogens is 1. The molecule has 0 unspecified atom stereocenters. The minimum atomic E-state index is -0.390. The van der Waals surface area contributed by atoms with E-state index in [1.165, 1.54) is 16.3 Å². The van der Waals surface area contributed by atoms with Crippen molar-refractivity contribution in [3.05, 3.63) is 84.1 Å². The predicted molar refractivity (Wildman–Crippen MR) is 98.1 cm³/mol. The molecule has 0 spiro atoms. The molecule has 2 N–H and O–H groups in total. The molecular formula is C21H18N2O. The van der Waals surface area contributed by atoms with Gasteiger partial charge >= 0.3 is 0 Å². The molecule has 3 heteroatoms. The van der Waals surface area contributed by atoms with Crippen molar-refractivity contribution in [1.82, 2.24) is 4.57 Å². The van der Waals surface area contributed by atoms with Crippen molar-refractivity contribution in [1.29, 1.82) is 0 Å². The zero-order chi connectivity index (χ0) is 16.5. The van der Waals surface area contributed by atoms with E-state index in [-0.39, 0.29) is 0 Å². The first-order chi connectivity index (χ1) is 11.7. The number of hydrogen-bond donors (Lipinski definition) is 1. The molecule has 0 saturated carbocycles. The van der Waals surface area contributed by atoms with E-state index < -0.39 is 5.91 Å². The number of fused-ring (bicyclic) bond motifs is 2. The van der Waals surface area contributed by atoms with Crippen molar-refractivity contribution in [2.75, 3.05) is 0 Å². The minimum Gasteiger partial charge on any atom is -0.366 e. The monoisotopic (exact) mass is 314 g/mol. The Morgan fingerprint density at radius 3 is 2.62 bits per heavy atom. The second-order valence-electron chi connectivity index (χ2n) is 6.04. The van der Waals surface area contributed by atoms with Gasteiger partial charge in [0.2, 0.25) is 5.91 Å². The first kappa shape index (κ1) is 14.5. The van der Waals surface area contributed by atoms with Crippen LogP contribution in [0.2, 0.25) is 0 Å². The highest BCUT2D eigenvalue weighted by molar-refractivity contribution is 5.97. The Kier molecular flexibility index (Phi) is 3.54. The van der Waals surface area contributed by atoms with Gasteiger partial charge in [-0.1, -0.05) is 48.5 Å². The van der Waals surface area contributed by atoms with Crippen LogP contribution in [0, 0.1) is 0 Å². The Bertz CT molecular complexity index is 1040. The summed E-state index contributed by atoms with van der Waals surface area (Å²) in [5.41, 5.74) is 8.33. The van der Waals surface area contributed by atoms with Crippen LogP contribution >= 0.6 is 0 Å². The smallest absolute Gasteiger partial charge is 0.248 e. The van der Waals surface area contributed by atoms with Crippen molar-refractivity contribution in [3.63, 3.8) is 0 Å². The number of aryl methyl sites for hydroxylation is 2. The molecule has 4 rings (SSSR count). The molecule has 3 nitrogen and oxygen atoms in total. The van der Waals surface area contributed by atoms with Gasteiger partial charge in [0.05, 0.1) is 0 Å². The molecule has 118 valence electrons. The van der Waals surface area contributed by atoms with Gasteiger partial charge in [0.15, 0.2) is 0 Å². The standard InChI is InChI=1S/C21H18N2O/c22-21(24)18-9-8-17-11-13-23(20(17)14-18)12-10-16-6-3-5-15-4-1-2-7-19(15)16/h1-9,11,13-14H,10,12H2,(H2,22,24). The zero-order valence-electron chi connectivity index (χ0n) is 13.3. The molecule has 3 aromatic carbocycles. The molecule has 4 aromatic rings. The van der Waals surface area contributed by atoms with Crippen molar-refractivity contribution in [3.8, 4) is 0 Å². The molecule has 0 aliphatic heterocycles. The van der Waals surface area contributed by atoms with Gasteiger partial charge < -0.3 is 10.3 Å². The van der Waals surface area contributed by atoms with Gasteiger partial charge in [-0.25, -0.2) is 0 Å². The third-order valence-corrected chi connectivity index (χ3v) is 4.56.